The van der Waals surface area contributed by atoms with Crippen molar-refractivity contribution in [3.8, 4) is 0 Å². The van der Waals surface area contributed by atoms with Gasteiger partial charge in [-0.3, -0.25) is 0 Å². The smallest absolute Gasteiger partial charge is 0 e. The maximum absolute atomic E-state index is 3.12. The topological polar surface area (TPSA) is 0 Å². The van der Waals surface area contributed by atoms with Gasteiger partial charge in [-0.05, 0) is 0 Å². The molecule has 0 rings (SSSR count). The van der Waals surface area contributed by atoms with Crippen molar-refractivity contribution in [2.75, 3.05) is 0 Å². The van der Waals surface area contributed by atoms with E-state index in [4.69, 9.17) is 0 Å². The van der Waals surface area contributed by atoms with Crippen LogP contribution in [-0.4, -0.2) is 0 Å². The van der Waals surface area contributed by atoms with Gasteiger partial charge in [-0.2, -0.15) is 0 Å². The quantitative estimate of drug-likeness (QED) is 0.592. The molecule has 0 atom stereocenters. The monoisotopic (exact) mass is 275 g/mol. The van der Waals surface area contributed by atoms with Crippen molar-refractivity contribution < 1.29 is 21.1 Å². The molecule has 0 aliphatic rings. The molecule has 0 unspecified atom stereocenters. The third-order valence-electron chi connectivity index (χ3n) is 0. The summed E-state index contributed by atoms with van der Waals surface area (Å²) in [7, 11) is 0. The average molecular weight is 275 g/mol. The summed E-state index contributed by atoms with van der Waals surface area (Å²) >= 11 is 0. The van der Waals surface area contributed by atoms with Gasteiger partial charge in [-0.15, -0.1) is 11.5 Å². The molecule has 0 aromatic rings. The van der Waals surface area contributed by atoms with Crippen LogP contribution in [0.3, 0.4) is 0 Å². The second kappa shape index (κ2) is 42.9. The molecule has 0 N–H and O–H groups in total. The molecule has 0 saturated heterocycles. The summed E-state index contributed by atoms with van der Waals surface area (Å²) in [6, 6.07) is 0. The predicted octanol–water partition coefficient (Wildman–Crippen LogP) is 1.91. The molecule has 42 valence electrons. The molecule has 0 radical (unpaired) electrons. The fraction of sp³-hybridized carbons (Fsp3) is 0. The van der Waals surface area contributed by atoms with E-state index in [-0.39, 0.29) is 21.1 Å². The molecule has 0 aromatic heterocycles. The van der Waals surface area contributed by atoms with Gasteiger partial charge in [-0.1, -0.05) is 26.3 Å². The van der Waals surface area contributed by atoms with E-state index in [1.54, 1.807) is 0 Å². The second-order valence-corrected chi connectivity index (χ2v) is 0.500. The molecule has 1 heteroatoms. The molecular formula is C6H8Pt. The summed E-state index contributed by atoms with van der Waals surface area (Å²) in [6.07, 6.45) is 0. The van der Waals surface area contributed by atoms with Crippen molar-refractivity contribution in [2.45, 2.75) is 0 Å². The van der Waals surface area contributed by atoms with E-state index >= 15 is 0 Å². The zero-order chi connectivity index (χ0) is 5.41. The van der Waals surface area contributed by atoms with Gasteiger partial charge >= 0.3 is 0 Å². The Bertz CT molecular complexity index is 58.2. The van der Waals surface area contributed by atoms with Gasteiger partial charge in [0.2, 0.25) is 0 Å². The summed E-state index contributed by atoms with van der Waals surface area (Å²) < 4.78 is 0. The standard InChI is InChI=1S/2C3H4.Pt/c2*1-3-2;/h2*1-2H2;. The summed E-state index contributed by atoms with van der Waals surface area (Å²) in [4.78, 5) is 0. The molecular weight excluding hydrogens is 267 g/mol. The van der Waals surface area contributed by atoms with Crippen molar-refractivity contribution in [3.05, 3.63) is 37.8 Å². The first-order valence-corrected chi connectivity index (χ1v) is 1.41. The van der Waals surface area contributed by atoms with Gasteiger partial charge < -0.3 is 0 Å². The van der Waals surface area contributed by atoms with Crippen LogP contribution in [0.5, 0.6) is 0 Å². The van der Waals surface area contributed by atoms with Gasteiger partial charge in [0.25, 0.3) is 0 Å². The Morgan fingerprint density at radius 1 is 0.714 bits per heavy atom. The number of rotatable bonds is 0. The first kappa shape index (κ1) is 15.9. The Morgan fingerprint density at radius 3 is 0.714 bits per heavy atom. The van der Waals surface area contributed by atoms with E-state index in [0.29, 0.717) is 0 Å². The Kier molecular flexibility index (Phi) is 97.3. The van der Waals surface area contributed by atoms with Crippen molar-refractivity contribution in [1.29, 1.82) is 0 Å². The third kappa shape index (κ3) is 1080. The zero-order valence-electron chi connectivity index (χ0n) is 4.14. The molecule has 0 nitrogen and oxygen atoms in total. The van der Waals surface area contributed by atoms with E-state index in [9.17, 15) is 0 Å². The van der Waals surface area contributed by atoms with Crippen molar-refractivity contribution in [3.63, 3.8) is 0 Å². The van der Waals surface area contributed by atoms with Gasteiger partial charge in [-0.25, -0.2) is 0 Å². The van der Waals surface area contributed by atoms with E-state index < -0.39 is 0 Å². The summed E-state index contributed by atoms with van der Waals surface area (Å²) in [5.41, 5.74) is 4.50. The van der Waals surface area contributed by atoms with Crippen LogP contribution in [0.15, 0.2) is 37.8 Å². The van der Waals surface area contributed by atoms with Gasteiger partial charge in [0.1, 0.15) is 0 Å². The van der Waals surface area contributed by atoms with Crippen LogP contribution >= 0.6 is 0 Å². The maximum Gasteiger partial charge on any atom is 0 e. The average Bonchev–Trinajstić information content (AvgIpc) is 1.39. The predicted molar refractivity (Wildman–Crippen MR) is 29.5 cm³/mol. The van der Waals surface area contributed by atoms with Crippen LogP contribution in [0, 0.1) is 0 Å². The van der Waals surface area contributed by atoms with Crippen molar-refractivity contribution in [1.82, 2.24) is 0 Å². The number of hydrogen-bond acceptors (Lipinski definition) is 0. The van der Waals surface area contributed by atoms with Gasteiger partial charge in [0, 0.05) is 21.1 Å². The fourth-order valence-electron chi connectivity index (χ4n) is 0. The minimum Gasteiger partial charge on any atom is -0.137 e. The normalized spacial score (nSPS) is 2.29. The molecule has 0 spiro atoms. The summed E-state index contributed by atoms with van der Waals surface area (Å²) in [5.74, 6) is 0. The molecule has 0 amide bonds. The molecule has 0 aliphatic heterocycles. The Balaban J connectivity index is -0.0000000400. The molecule has 0 aromatic carbocycles. The molecule has 0 bridgehead atoms. The maximum atomic E-state index is 3.12. The Morgan fingerprint density at radius 2 is 0.714 bits per heavy atom. The van der Waals surface area contributed by atoms with Crippen molar-refractivity contribution in [2.24, 2.45) is 0 Å². The molecule has 0 saturated carbocycles. The third-order valence-corrected chi connectivity index (χ3v) is 0. The zero-order valence-corrected chi connectivity index (χ0v) is 6.42. The van der Waals surface area contributed by atoms with Crippen LogP contribution in [0.4, 0.5) is 0 Å². The van der Waals surface area contributed by atoms with Crippen LogP contribution in [0.2, 0.25) is 0 Å². The van der Waals surface area contributed by atoms with E-state index in [1.807, 2.05) is 0 Å². The van der Waals surface area contributed by atoms with E-state index in [2.05, 4.69) is 37.8 Å². The minimum absolute atomic E-state index is 0. The molecule has 0 fully saturated rings. The van der Waals surface area contributed by atoms with Gasteiger partial charge in [0.05, 0.1) is 0 Å². The first-order valence-electron chi connectivity index (χ1n) is 1.41. The summed E-state index contributed by atoms with van der Waals surface area (Å²) in [5, 5.41) is 0. The second-order valence-electron chi connectivity index (χ2n) is 0.500. The Labute approximate surface area is 59.2 Å². The molecule has 0 heterocycles. The SMILES string of the molecule is C=C=C.C=C=C.[Pt]. The molecule has 0 aliphatic carbocycles. The van der Waals surface area contributed by atoms with E-state index in [1.165, 1.54) is 0 Å². The van der Waals surface area contributed by atoms with Crippen LogP contribution in [0.1, 0.15) is 0 Å². The first-order chi connectivity index (χ1) is 2.83. The largest absolute Gasteiger partial charge is 0.137 e. The van der Waals surface area contributed by atoms with Crippen LogP contribution in [-0.2, 0) is 21.1 Å². The van der Waals surface area contributed by atoms with Crippen LogP contribution in [0.25, 0.3) is 0 Å². The van der Waals surface area contributed by atoms with E-state index in [0.717, 1.165) is 0 Å². The van der Waals surface area contributed by atoms with Crippen LogP contribution < -0.4 is 0 Å². The minimum atomic E-state index is 0. The molecule has 7 heavy (non-hydrogen) atoms. The fourth-order valence-corrected chi connectivity index (χ4v) is 0. The van der Waals surface area contributed by atoms with Crippen molar-refractivity contribution >= 4 is 0 Å². The van der Waals surface area contributed by atoms with Gasteiger partial charge in [0.15, 0.2) is 0 Å². The summed E-state index contributed by atoms with van der Waals surface area (Å²) in [6.45, 7) is 12.5. The number of hydrogen-bond donors (Lipinski definition) is 0. The Hall–Kier alpha value is -0.272.